The fraction of sp³-hybridized carbons (Fsp3) is 0.429. The normalized spacial score (nSPS) is 18.9. The van der Waals surface area contributed by atoms with Gasteiger partial charge in [0.05, 0.1) is 12.0 Å². The van der Waals surface area contributed by atoms with Gasteiger partial charge in [0, 0.05) is 17.1 Å². The van der Waals surface area contributed by atoms with E-state index in [4.69, 9.17) is 5.11 Å². The largest absolute Gasteiger partial charge is 0.481 e. The minimum atomic E-state index is -0.923. The molecule has 4 nitrogen and oxygen atoms in total. The zero-order chi connectivity index (χ0) is 14.7. The zero-order valence-corrected chi connectivity index (χ0v) is 12.4. The summed E-state index contributed by atoms with van der Waals surface area (Å²) in [6.07, 6.45) is 2.35. The smallest absolute Gasteiger partial charge is 0.305 e. The van der Waals surface area contributed by atoms with Crippen LogP contribution < -0.4 is 0 Å². The number of likely N-dealkylation sites (tertiary alicyclic amines) is 1. The Morgan fingerprint density at radius 3 is 2.85 bits per heavy atom. The number of benzene rings is 1. The van der Waals surface area contributed by atoms with Gasteiger partial charge in [-0.2, -0.15) is 0 Å². The third kappa shape index (κ3) is 3.36. The van der Waals surface area contributed by atoms with Gasteiger partial charge in [-0.15, -0.1) is 0 Å². The topological polar surface area (TPSA) is 57.6 Å². The Bertz CT molecular complexity index is 535. The molecule has 1 saturated heterocycles. The molecule has 20 heavy (non-hydrogen) atoms. The van der Waals surface area contributed by atoms with Gasteiger partial charge in [-0.25, -0.2) is 4.39 Å². The first kappa shape index (κ1) is 15.0. The van der Waals surface area contributed by atoms with Crippen LogP contribution in [-0.4, -0.2) is 34.5 Å². The third-order valence-electron chi connectivity index (χ3n) is 3.46. The number of halogens is 2. The van der Waals surface area contributed by atoms with Crippen LogP contribution in [0.5, 0.6) is 0 Å². The van der Waals surface area contributed by atoms with Gasteiger partial charge in [0.25, 0.3) is 5.91 Å². The summed E-state index contributed by atoms with van der Waals surface area (Å²) in [7, 11) is 0. The number of carbonyl (C=O) groups excluding carboxylic acids is 1. The van der Waals surface area contributed by atoms with Crippen molar-refractivity contribution in [1.29, 1.82) is 0 Å². The quantitative estimate of drug-likeness (QED) is 0.917. The summed E-state index contributed by atoms with van der Waals surface area (Å²) in [5.41, 5.74) is 0.238. The Morgan fingerprint density at radius 2 is 2.15 bits per heavy atom. The van der Waals surface area contributed by atoms with Crippen molar-refractivity contribution in [1.82, 2.24) is 4.90 Å². The van der Waals surface area contributed by atoms with E-state index in [1.165, 1.54) is 18.2 Å². The maximum Gasteiger partial charge on any atom is 0.305 e. The predicted octanol–water partition coefficient (Wildman–Crippen LogP) is 3.06. The Balaban J connectivity index is 2.25. The number of hydrogen-bond acceptors (Lipinski definition) is 2. The van der Waals surface area contributed by atoms with Gasteiger partial charge in [-0.05, 0) is 53.4 Å². The standard InChI is InChI=1S/C14H15BrFNO3/c15-12-5-4-9(16)7-11(12)14(20)17-6-2-1-3-10(17)8-13(18)19/h4-5,7,10H,1-3,6,8H2,(H,18,19). The summed E-state index contributed by atoms with van der Waals surface area (Å²) in [6, 6.07) is 3.62. The third-order valence-corrected chi connectivity index (χ3v) is 4.15. The van der Waals surface area contributed by atoms with E-state index in [2.05, 4.69) is 15.9 Å². The van der Waals surface area contributed by atoms with E-state index in [-0.39, 0.29) is 23.9 Å². The van der Waals surface area contributed by atoms with Gasteiger partial charge in [0.1, 0.15) is 5.82 Å². The van der Waals surface area contributed by atoms with Crippen molar-refractivity contribution in [2.75, 3.05) is 6.54 Å². The van der Waals surface area contributed by atoms with Gasteiger partial charge in [0.15, 0.2) is 0 Å². The minimum Gasteiger partial charge on any atom is -0.481 e. The molecule has 1 amide bonds. The number of carbonyl (C=O) groups is 2. The number of nitrogens with zero attached hydrogens (tertiary/aromatic N) is 1. The number of rotatable bonds is 3. The van der Waals surface area contributed by atoms with E-state index < -0.39 is 11.8 Å². The highest BCUT2D eigenvalue weighted by Gasteiger charge is 2.30. The summed E-state index contributed by atoms with van der Waals surface area (Å²) in [5, 5.41) is 8.93. The molecule has 1 aliphatic heterocycles. The lowest BCUT2D eigenvalue weighted by Gasteiger charge is -2.35. The van der Waals surface area contributed by atoms with Crippen LogP contribution in [0.1, 0.15) is 36.0 Å². The highest BCUT2D eigenvalue weighted by molar-refractivity contribution is 9.10. The Morgan fingerprint density at radius 1 is 1.40 bits per heavy atom. The number of carboxylic acid groups (broad SMARTS) is 1. The molecule has 0 saturated carbocycles. The monoisotopic (exact) mass is 343 g/mol. The molecular formula is C14H15BrFNO3. The number of amides is 1. The number of aliphatic carboxylic acids is 1. The molecular weight excluding hydrogens is 329 g/mol. The maximum absolute atomic E-state index is 13.3. The highest BCUT2D eigenvalue weighted by Crippen LogP contribution is 2.25. The van der Waals surface area contributed by atoms with Crippen LogP contribution in [0.3, 0.4) is 0 Å². The molecule has 1 aromatic carbocycles. The van der Waals surface area contributed by atoms with Crippen LogP contribution in [0.2, 0.25) is 0 Å². The molecule has 1 atom stereocenters. The minimum absolute atomic E-state index is 0.0708. The summed E-state index contributed by atoms with van der Waals surface area (Å²) < 4.78 is 13.8. The van der Waals surface area contributed by atoms with Crippen LogP contribution in [0.25, 0.3) is 0 Å². The van der Waals surface area contributed by atoms with Gasteiger partial charge in [0.2, 0.25) is 0 Å². The molecule has 0 bridgehead atoms. The second-order valence-electron chi connectivity index (χ2n) is 4.87. The Hall–Kier alpha value is -1.43. The number of piperidine rings is 1. The molecule has 1 heterocycles. The summed E-state index contributed by atoms with van der Waals surface area (Å²) >= 11 is 3.24. The van der Waals surface area contributed by atoms with Crippen LogP contribution in [0.15, 0.2) is 22.7 Å². The molecule has 1 fully saturated rings. The van der Waals surface area contributed by atoms with Crippen molar-refractivity contribution in [3.05, 3.63) is 34.1 Å². The summed E-state index contributed by atoms with van der Waals surface area (Å²) in [6.45, 7) is 0.514. The Labute approximate surface area is 124 Å². The van der Waals surface area contributed by atoms with E-state index in [1.807, 2.05) is 0 Å². The van der Waals surface area contributed by atoms with Crippen LogP contribution in [0.4, 0.5) is 4.39 Å². The average molecular weight is 344 g/mol. The van der Waals surface area contributed by atoms with Crippen LogP contribution in [-0.2, 0) is 4.79 Å². The van der Waals surface area contributed by atoms with Crippen molar-refractivity contribution in [2.24, 2.45) is 0 Å². The molecule has 0 spiro atoms. The Kier molecular flexibility index (Phi) is 4.75. The molecule has 1 aromatic rings. The van der Waals surface area contributed by atoms with Crippen molar-refractivity contribution in [3.63, 3.8) is 0 Å². The van der Waals surface area contributed by atoms with Crippen molar-refractivity contribution < 1.29 is 19.1 Å². The summed E-state index contributed by atoms with van der Waals surface area (Å²) in [5.74, 6) is -1.72. The molecule has 1 aliphatic rings. The van der Waals surface area contributed by atoms with Crippen molar-refractivity contribution in [2.45, 2.75) is 31.7 Å². The number of hydrogen-bond donors (Lipinski definition) is 1. The van der Waals surface area contributed by atoms with E-state index >= 15 is 0 Å². The molecule has 108 valence electrons. The number of carboxylic acids is 1. The van der Waals surface area contributed by atoms with Gasteiger partial charge >= 0.3 is 5.97 Å². The molecule has 0 aromatic heterocycles. The SMILES string of the molecule is O=C(O)CC1CCCCN1C(=O)c1cc(F)ccc1Br. The molecule has 0 radical (unpaired) electrons. The van der Waals surface area contributed by atoms with E-state index in [9.17, 15) is 14.0 Å². The lowest BCUT2D eigenvalue weighted by molar-refractivity contribution is -0.138. The molecule has 1 unspecified atom stereocenters. The fourth-order valence-corrected chi connectivity index (χ4v) is 2.91. The fourth-order valence-electron chi connectivity index (χ4n) is 2.50. The lowest BCUT2D eigenvalue weighted by atomic mass is 9.98. The van der Waals surface area contributed by atoms with Gasteiger partial charge in [-0.3, -0.25) is 9.59 Å². The van der Waals surface area contributed by atoms with Crippen molar-refractivity contribution in [3.8, 4) is 0 Å². The first-order valence-electron chi connectivity index (χ1n) is 6.47. The second kappa shape index (κ2) is 6.35. The molecule has 0 aliphatic carbocycles. The first-order chi connectivity index (χ1) is 9.49. The molecule has 6 heteroatoms. The van der Waals surface area contributed by atoms with E-state index in [1.54, 1.807) is 4.90 Å². The van der Waals surface area contributed by atoms with Crippen LogP contribution >= 0.6 is 15.9 Å². The first-order valence-corrected chi connectivity index (χ1v) is 7.26. The molecule has 1 N–H and O–H groups in total. The maximum atomic E-state index is 13.3. The molecule has 2 rings (SSSR count). The van der Waals surface area contributed by atoms with E-state index in [0.717, 1.165) is 12.8 Å². The van der Waals surface area contributed by atoms with E-state index in [0.29, 0.717) is 17.4 Å². The predicted molar refractivity (Wildman–Crippen MR) is 75.0 cm³/mol. The van der Waals surface area contributed by atoms with Gasteiger partial charge < -0.3 is 10.0 Å². The zero-order valence-electron chi connectivity index (χ0n) is 10.8. The summed E-state index contributed by atoms with van der Waals surface area (Å²) in [4.78, 5) is 24.9. The van der Waals surface area contributed by atoms with Gasteiger partial charge in [-0.1, -0.05) is 0 Å². The highest BCUT2D eigenvalue weighted by atomic mass is 79.9. The van der Waals surface area contributed by atoms with Crippen LogP contribution in [0, 0.1) is 5.82 Å². The average Bonchev–Trinajstić information content (AvgIpc) is 2.41. The van der Waals surface area contributed by atoms with Crippen molar-refractivity contribution >= 4 is 27.8 Å². The second-order valence-corrected chi connectivity index (χ2v) is 5.72. The lowest BCUT2D eigenvalue weighted by Crippen LogP contribution is -2.44.